The number of halogens is 2. The number of likely N-dealkylation sites (tertiary alicyclic amines) is 1. The van der Waals surface area contributed by atoms with E-state index in [0.29, 0.717) is 50.0 Å². The van der Waals surface area contributed by atoms with Gasteiger partial charge in [0, 0.05) is 12.2 Å². The van der Waals surface area contributed by atoms with Gasteiger partial charge < -0.3 is 16.1 Å². The lowest BCUT2D eigenvalue weighted by Crippen LogP contribution is -2.43. The summed E-state index contributed by atoms with van der Waals surface area (Å²) in [7, 11) is 0. The molecule has 8 nitrogen and oxygen atoms in total. The van der Waals surface area contributed by atoms with Gasteiger partial charge in [0.05, 0.1) is 18.0 Å². The molecule has 0 bridgehead atoms. The van der Waals surface area contributed by atoms with Gasteiger partial charge in [0.1, 0.15) is 17.7 Å². The van der Waals surface area contributed by atoms with Crippen LogP contribution in [0.5, 0.6) is 0 Å². The van der Waals surface area contributed by atoms with Crippen LogP contribution in [0, 0.1) is 23.0 Å². The highest BCUT2D eigenvalue weighted by molar-refractivity contribution is 5.79. The molecule has 10 heteroatoms. The highest BCUT2D eigenvalue weighted by Crippen LogP contribution is 2.46. The number of amides is 1. The van der Waals surface area contributed by atoms with Gasteiger partial charge in [-0.15, -0.1) is 0 Å². The van der Waals surface area contributed by atoms with Crippen LogP contribution in [0.25, 0.3) is 0 Å². The van der Waals surface area contributed by atoms with Crippen LogP contribution in [-0.2, 0) is 23.1 Å². The van der Waals surface area contributed by atoms with Gasteiger partial charge in [0.25, 0.3) is 0 Å². The maximum Gasteiger partial charge on any atom is 0.237 e. The number of nitriles is 1. The van der Waals surface area contributed by atoms with E-state index < -0.39 is 17.3 Å². The van der Waals surface area contributed by atoms with E-state index >= 15 is 0 Å². The molecule has 2 atom stereocenters. The topological polar surface area (TPSA) is 119 Å². The number of hydrogen-bond donors (Lipinski definition) is 3. The fourth-order valence-electron chi connectivity index (χ4n) is 5.47. The van der Waals surface area contributed by atoms with Crippen molar-refractivity contribution in [2.24, 2.45) is 16.3 Å². The van der Waals surface area contributed by atoms with Crippen molar-refractivity contribution in [1.82, 2.24) is 15.6 Å². The van der Waals surface area contributed by atoms with Crippen LogP contribution in [0.4, 0.5) is 8.78 Å². The van der Waals surface area contributed by atoms with Crippen molar-refractivity contribution in [2.75, 3.05) is 19.6 Å². The van der Waals surface area contributed by atoms with Gasteiger partial charge in [-0.25, -0.2) is 8.78 Å². The Hall–Kier alpha value is -3.84. The lowest BCUT2D eigenvalue weighted by molar-refractivity contribution is -0.130. The summed E-state index contributed by atoms with van der Waals surface area (Å²) >= 11 is 0. The Morgan fingerprint density at radius 3 is 2.72 bits per heavy atom. The SMILES string of the molecule is C=C(NN=NN)C1(CCNCC(=O)N2CCC[C@H]2C#N)c2ccc(F)cc2CCc2ccc(F)cc21. The van der Waals surface area contributed by atoms with Crippen molar-refractivity contribution in [3.63, 3.8) is 0 Å². The molecule has 1 heterocycles. The summed E-state index contributed by atoms with van der Waals surface area (Å²) in [5.74, 6) is 4.31. The third kappa shape index (κ3) is 4.79. The van der Waals surface area contributed by atoms with Gasteiger partial charge in [-0.05, 0) is 85.2 Å². The predicted molar refractivity (Wildman–Crippen MR) is 130 cm³/mol. The summed E-state index contributed by atoms with van der Waals surface area (Å²) in [6.07, 6.45) is 3.01. The van der Waals surface area contributed by atoms with Gasteiger partial charge in [-0.2, -0.15) is 5.26 Å². The lowest BCUT2D eigenvalue weighted by atomic mass is 9.68. The van der Waals surface area contributed by atoms with Crippen LogP contribution in [0.3, 0.4) is 0 Å². The number of carbonyl (C=O) groups is 1. The molecule has 2 aromatic carbocycles. The van der Waals surface area contributed by atoms with E-state index in [-0.39, 0.29) is 18.3 Å². The third-order valence-electron chi connectivity index (χ3n) is 7.16. The minimum atomic E-state index is -1.01. The van der Waals surface area contributed by atoms with Crippen molar-refractivity contribution in [2.45, 2.75) is 43.6 Å². The second kappa shape index (κ2) is 10.8. The molecule has 0 radical (unpaired) electrons. The number of allylic oxidation sites excluding steroid dienone is 1. The van der Waals surface area contributed by atoms with Gasteiger partial charge in [0.2, 0.25) is 5.91 Å². The molecule has 4 N–H and O–H groups in total. The highest BCUT2D eigenvalue weighted by Gasteiger charge is 2.42. The lowest BCUT2D eigenvalue weighted by Gasteiger charge is -2.38. The molecular formula is C26H29F2N7O. The summed E-state index contributed by atoms with van der Waals surface area (Å²) in [5, 5.41) is 19.4. The average molecular weight is 494 g/mol. The van der Waals surface area contributed by atoms with Crippen LogP contribution in [0.2, 0.25) is 0 Å². The van der Waals surface area contributed by atoms with E-state index in [9.17, 15) is 18.8 Å². The Morgan fingerprint density at radius 2 is 1.94 bits per heavy atom. The molecule has 0 spiro atoms. The molecule has 4 rings (SSSR count). The zero-order valence-electron chi connectivity index (χ0n) is 19.9. The van der Waals surface area contributed by atoms with E-state index in [1.807, 2.05) is 0 Å². The number of benzene rings is 2. The largest absolute Gasteiger partial charge is 0.326 e. The Morgan fingerprint density at radius 1 is 1.19 bits per heavy atom. The van der Waals surface area contributed by atoms with E-state index in [4.69, 9.17) is 5.84 Å². The molecule has 2 aromatic rings. The number of hydrogen-bond acceptors (Lipinski definition) is 5. The fourth-order valence-corrected chi connectivity index (χ4v) is 5.47. The van der Waals surface area contributed by atoms with Crippen molar-refractivity contribution in [3.05, 3.63) is 82.6 Å². The first-order valence-corrected chi connectivity index (χ1v) is 11.9. The fraction of sp³-hybridized carbons (Fsp3) is 0.385. The normalized spacial score (nSPS) is 20.9. The second-order valence-electron chi connectivity index (χ2n) is 9.12. The molecule has 1 fully saturated rings. The molecule has 1 saturated heterocycles. The van der Waals surface area contributed by atoms with E-state index in [2.05, 4.69) is 33.8 Å². The predicted octanol–water partition coefficient (Wildman–Crippen LogP) is 3.19. The number of nitrogens with zero attached hydrogens (tertiary/aromatic N) is 4. The number of carbonyl (C=O) groups excluding carboxylic acids is 1. The maximum absolute atomic E-state index is 14.6. The molecule has 2 aliphatic rings. The Labute approximate surface area is 208 Å². The first-order chi connectivity index (χ1) is 17.4. The van der Waals surface area contributed by atoms with Crippen LogP contribution in [0.15, 0.2) is 59.1 Å². The van der Waals surface area contributed by atoms with Crippen LogP contribution < -0.4 is 16.6 Å². The number of nitrogens with one attached hydrogen (secondary N) is 2. The first kappa shape index (κ1) is 25.3. The summed E-state index contributed by atoms with van der Waals surface area (Å²) in [6, 6.07) is 11.0. The third-order valence-corrected chi connectivity index (χ3v) is 7.16. The molecule has 1 aliphatic heterocycles. The maximum atomic E-state index is 14.6. The zero-order valence-corrected chi connectivity index (χ0v) is 19.9. The molecule has 0 saturated carbocycles. The number of nitrogens with two attached hydrogens (primary N) is 1. The van der Waals surface area contributed by atoms with E-state index in [1.165, 1.54) is 24.3 Å². The second-order valence-corrected chi connectivity index (χ2v) is 9.12. The summed E-state index contributed by atoms with van der Waals surface area (Å²) < 4.78 is 28.9. The molecular weight excluding hydrogens is 464 g/mol. The summed E-state index contributed by atoms with van der Waals surface area (Å²) in [5.41, 5.74) is 5.32. The molecule has 0 aromatic heterocycles. The molecule has 188 valence electrons. The first-order valence-electron chi connectivity index (χ1n) is 11.9. The smallest absolute Gasteiger partial charge is 0.237 e. The highest BCUT2D eigenvalue weighted by atomic mass is 19.1. The van der Waals surface area contributed by atoms with Gasteiger partial charge in [-0.3, -0.25) is 10.2 Å². The van der Waals surface area contributed by atoms with Crippen molar-refractivity contribution in [1.29, 1.82) is 5.26 Å². The number of fused-ring (bicyclic) bond motifs is 2. The minimum Gasteiger partial charge on any atom is -0.326 e. The monoisotopic (exact) mass is 493 g/mol. The molecule has 36 heavy (non-hydrogen) atoms. The quantitative estimate of drug-likeness (QED) is 0.226. The Kier molecular flexibility index (Phi) is 7.60. The summed E-state index contributed by atoms with van der Waals surface area (Å²) in [6.45, 7) is 5.18. The van der Waals surface area contributed by atoms with Crippen molar-refractivity contribution in [3.8, 4) is 6.07 Å². The van der Waals surface area contributed by atoms with Crippen molar-refractivity contribution < 1.29 is 13.6 Å². The molecule has 1 aliphatic carbocycles. The Balaban J connectivity index is 1.69. The van der Waals surface area contributed by atoms with Crippen LogP contribution in [-0.4, -0.2) is 36.5 Å². The zero-order chi connectivity index (χ0) is 25.7. The van der Waals surface area contributed by atoms with E-state index in [0.717, 1.165) is 23.1 Å². The van der Waals surface area contributed by atoms with Gasteiger partial charge in [-0.1, -0.05) is 29.2 Å². The Bertz CT molecular complexity index is 1230. The average Bonchev–Trinajstić information content (AvgIpc) is 3.31. The summed E-state index contributed by atoms with van der Waals surface area (Å²) in [4.78, 5) is 14.3. The number of aryl methyl sites for hydroxylation is 2. The van der Waals surface area contributed by atoms with Gasteiger partial charge >= 0.3 is 0 Å². The molecule has 1 unspecified atom stereocenters. The van der Waals surface area contributed by atoms with Crippen molar-refractivity contribution >= 4 is 5.91 Å². The standard InChI is InChI=1S/C26H29F2N7O/c1-17(32-34-33-30)26(10-11-31-16-25(36)35-12-2-3-22(35)15-29)23-9-8-20(27)13-19(23)5-4-18-6-7-21(28)14-24(18)26/h6-9,13-14,22,31H,1-5,10-12,16H2,(H2,30,34)(H,32,33)/t22-,26?/m0/s1. The number of rotatable bonds is 8. The van der Waals surface area contributed by atoms with Crippen LogP contribution >= 0.6 is 0 Å². The van der Waals surface area contributed by atoms with Crippen LogP contribution in [0.1, 0.15) is 41.5 Å². The minimum absolute atomic E-state index is 0.0585. The van der Waals surface area contributed by atoms with E-state index in [1.54, 1.807) is 17.0 Å². The van der Waals surface area contributed by atoms with Gasteiger partial charge in [0.15, 0.2) is 0 Å². The molecule has 1 amide bonds.